The van der Waals surface area contributed by atoms with Crippen molar-refractivity contribution in [2.75, 3.05) is 32.2 Å². The first-order valence-electron chi connectivity index (χ1n) is 4.77. The lowest BCUT2D eigenvalue weighted by molar-refractivity contribution is 0.149. The Bertz CT molecular complexity index is 166. The van der Waals surface area contributed by atoms with E-state index in [9.17, 15) is 10.2 Å². The maximum absolute atomic E-state index is 9.25. The molecule has 13 heavy (non-hydrogen) atoms. The van der Waals surface area contributed by atoms with E-state index in [4.69, 9.17) is 4.74 Å². The number of aliphatic hydroxyl groups is 2. The molecule has 0 radical (unpaired) electrons. The van der Waals surface area contributed by atoms with Crippen LogP contribution >= 0.6 is 11.8 Å². The summed E-state index contributed by atoms with van der Waals surface area (Å²) in [5.74, 6) is 1.62. The molecule has 2 fully saturated rings. The average molecular weight is 204 g/mol. The lowest BCUT2D eigenvalue weighted by Crippen LogP contribution is -2.41. The molecule has 0 aromatic heterocycles. The van der Waals surface area contributed by atoms with E-state index in [2.05, 4.69) is 0 Å². The smallest absolute Gasteiger partial charge is 0.0621 e. The van der Waals surface area contributed by atoms with Crippen LogP contribution in [-0.4, -0.2) is 47.1 Å². The van der Waals surface area contributed by atoms with E-state index in [0.29, 0.717) is 19.1 Å². The molecule has 2 heterocycles. The number of aliphatic hydroxyl groups excluding tert-OH is 2. The first-order chi connectivity index (χ1) is 6.33. The van der Waals surface area contributed by atoms with Gasteiger partial charge in [-0.1, -0.05) is 0 Å². The second-order valence-corrected chi connectivity index (χ2v) is 5.32. The Balaban J connectivity index is 2.16. The largest absolute Gasteiger partial charge is 0.396 e. The van der Waals surface area contributed by atoms with Gasteiger partial charge in [0.05, 0.1) is 18.0 Å². The predicted octanol–water partition coefficient (Wildman–Crippen LogP) is 0.109. The molecule has 0 bridgehead atoms. The summed E-state index contributed by atoms with van der Waals surface area (Å²) in [7, 11) is 0. The summed E-state index contributed by atoms with van der Waals surface area (Å²) in [5.41, 5.74) is 0. The molecule has 3 nitrogen and oxygen atoms in total. The molecule has 3 unspecified atom stereocenters. The first kappa shape index (κ1) is 9.77. The Hall–Kier alpha value is 0.230. The van der Waals surface area contributed by atoms with Crippen molar-refractivity contribution in [2.45, 2.75) is 11.2 Å². The molecule has 2 rings (SSSR count). The minimum absolute atomic E-state index is 0.0174. The highest BCUT2D eigenvalue weighted by atomic mass is 32.2. The van der Waals surface area contributed by atoms with Gasteiger partial charge in [0.2, 0.25) is 0 Å². The summed E-state index contributed by atoms with van der Waals surface area (Å²) >= 11 is 1.87. The molecule has 0 aromatic rings. The van der Waals surface area contributed by atoms with Gasteiger partial charge in [-0.15, -0.1) is 0 Å². The second-order valence-electron chi connectivity index (χ2n) is 3.87. The molecule has 76 valence electrons. The van der Waals surface area contributed by atoms with Gasteiger partial charge in [-0.2, -0.15) is 11.8 Å². The van der Waals surface area contributed by atoms with Crippen LogP contribution in [-0.2, 0) is 4.74 Å². The zero-order valence-electron chi connectivity index (χ0n) is 7.61. The van der Waals surface area contributed by atoms with Crippen LogP contribution in [0.2, 0.25) is 0 Å². The van der Waals surface area contributed by atoms with Gasteiger partial charge in [-0.05, 0) is 12.2 Å². The Morgan fingerprint density at radius 2 is 2.08 bits per heavy atom. The lowest BCUT2D eigenvalue weighted by Gasteiger charge is -2.32. The number of hydrogen-bond acceptors (Lipinski definition) is 4. The Kier molecular flexibility index (Phi) is 2.83. The van der Waals surface area contributed by atoms with Crippen molar-refractivity contribution < 1.29 is 14.9 Å². The van der Waals surface area contributed by atoms with Gasteiger partial charge in [-0.25, -0.2) is 0 Å². The standard InChI is InChI=1S/C9H16O3S/c10-3-7-1-2-13-9(7)6-12-5-8(9)4-11/h7-8,10-11H,1-6H2. The van der Waals surface area contributed by atoms with E-state index in [-0.39, 0.29) is 23.9 Å². The third kappa shape index (κ3) is 1.40. The summed E-state index contributed by atoms with van der Waals surface area (Å²) in [5, 5.41) is 18.5. The minimum atomic E-state index is 0.0174. The van der Waals surface area contributed by atoms with Crippen molar-refractivity contribution in [2.24, 2.45) is 11.8 Å². The lowest BCUT2D eigenvalue weighted by atomic mass is 9.82. The van der Waals surface area contributed by atoms with Crippen LogP contribution in [0.15, 0.2) is 0 Å². The molecular weight excluding hydrogens is 188 g/mol. The van der Waals surface area contributed by atoms with Crippen molar-refractivity contribution >= 4 is 11.8 Å². The summed E-state index contributed by atoms with van der Waals surface area (Å²) in [6.45, 7) is 1.77. The van der Waals surface area contributed by atoms with Gasteiger partial charge < -0.3 is 14.9 Å². The van der Waals surface area contributed by atoms with E-state index in [1.807, 2.05) is 11.8 Å². The topological polar surface area (TPSA) is 49.7 Å². The fraction of sp³-hybridized carbons (Fsp3) is 1.00. The van der Waals surface area contributed by atoms with Gasteiger partial charge in [0.25, 0.3) is 0 Å². The van der Waals surface area contributed by atoms with E-state index in [0.717, 1.165) is 12.2 Å². The number of thioether (sulfide) groups is 1. The fourth-order valence-corrected chi connectivity index (χ4v) is 4.19. The van der Waals surface area contributed by atoms with E-state index < -0.39 is 0 Å². The zero-order chi connectivity index (χ0) is 9.31. The second kappa shape index (κ2) is 3.77. The zero-order valence-corrected chi connectivity index (χ0v) is 8.42. The molecule has 0 aliphatic carbocycles. The summed E-state index contributed by atoms with van der Waals surface area (Å²) in [4.78, 5) is 0. The third-order valence-corrected chi connectivity index (χ3v) is 5.07. The number of rotatable bonds is 2. The first-order valence-corrected chi connectivity index (χ1v) is 5.75. The molecule has 4 heteroatoms. The van der Waals surface area contributed by atoms with Crippen molar-refractivity contribution in [1.29, 1.82) is 0 Å². The van der Waals surface area contributed by atoms with Crippen LogP contribution in [0.1, 0.15) is 6.42 Å². The number of hydrogen-bond donors (Lipinski definition) is 2. The quantitative estimate of drug-likeness (QED) is 0.670. The van der Waals surface area contributed by atoms with Crippen molar-refractivity contribution in [3.05, 3.63) is 0 Å². The predicted molar refractivity (Wildman–Crippen MR) is 51.8 cm³/mol. The Morgan fingerprint density at radius 1 is 1.31 bits per heavy atom. The summed E-state index contributed by atoms with van der Waals surface area (Å²) in [6.07, 6.45) is 1.06. The van der Waals surface area contributed by atoms with Crippen LogP contribution in [0.3, 0.4) is 0 Å². The van der Waals surface area contributed by atoms with Gasteiger partial charge in [0.1, 0.15) is 0 Å². The molecule has 0 saturated carbocycles. The van der Waals surface area contributed by atoms with Crippen LogP contribution in [0, 0.1) is 11.8 Å². The summed E-state index contributed by atoms with van der Waals surface area (Å²) in [6, 6.07) is 0. The SMILES string of the molecule is OCC1CCSC12COCC2CO. The molecule has 2 saturated heterocycles. The maximum atomic E-state index is 9.25. The maximum Gasteiger partial charge on any atom is 0.0621 e. The van der Waals surface area contributed by atoms with Gasteiger partial charge >= 0.3 is 0 Å². The van der Waals surface area contributed by atoms with Crippen molar-refractivity contribution in [3.8, 4) is 0 Å². The highest BCUT2D eigenvalue weighted by Gasteiger charge is 2.52. The highest BCUT2D eigenvalue weighted by Crippen LogP contribution is 2.50. The van der Waals surface area contributed by atoms with Crippen molar-refractivity contribution in [3.63, 3.8) is 0 Å². The molecule has 2 N–H and O–H groups in total. The van der Waals surface area contributed by atoms with E-state index >= 15 is 0 Å². The molecule has 1 spiro atoms. The molecule has 2 aliphatic rings. The highest BCUT2D eigenvalue weighted by molar-refractivity contribution is 8.01. The van der Waals surface area contributed by atoms with Crippen molar-refractivity contribution in [1.82, 2.24) is 0 Å². The Morgan fingerprint density at radius 3 is 2.77 bits per heavy atom. The molecule has 0 aromatic carbocycles. The van der Waals surface area contributed by atoms with E-state index in [1.165, 1.54) is 0 Å². The fourth-order valence-electron chi connectivity index (χ4n) is 2.44. The minimum Gasteiger partial charge on any atom is -0.396 e. The monoisotopic (exact) mass is 204 g/mol. The third-order valence-electron chi connectivity index (χ3n) is 3.31. The molecular formula is C9H16O3S. The normalized spacial score (nSPS) is 44.8. The van der Waals surface area contributed by atoms with Gasteiger partial charge in [0, 0.05) is 25.0 Å². The average Bonchev–Trinajstić information content (AvgIpc) is 2.74. The number of ether oxygens (including phenoxy) is 1. The van der Waals surface area contributed by atoms with Crippen LogP contribution in [0.4, 0.5) is 0 Å². The van der Waals surface area contributed by atoms with Crippen LogP contribution < -0.4 is 0 Å². The van der Waals surface area contributed by atoms with E-state index in [1.54, 1.807) is 0 Å². The van der Waals surface area contributed by atoms with Crippen LogP contribution in [0.25, 0.3) is 0 Å². The molecule has 0 amide bonds. The summed E-state index contributed by atoms with van der Waals surface area (Å²) < 4.78 is 5.44. The molecule has 2 aliphatic heterocycles. The van der Waals surface area contributed by atoms with Gasteiger partial charge in [-0.3, -0.25) is 0 Å². The van der Waals surface area contributed by atoms with Gasteiger partial charge in [0.15, 0.2) is 0 Å². The molecule has 3 atom stereocenters. The van der Waals surface area contributed by atoms with Crippen LogP contribution in [0.5, 0.6) is 0 Å². The Labute approximate surface area is 82.5 Å².